The summed E-state index contributed by atoms with van der Waals surface area (Å²) in [7, 11) is 2.51. The first-order valence-electron chi connectivity index (χ1n) is 12.7. The van der Waals surface area contributed by atoms with Crippen molar-refractivity contribution >= 4 is 17.6 Å². The summed E-state index contributed by atoms with van der Waals surface area (Å²) in [5, 5.41) is 61.8. The van der Waals surface area contributed by atoms with Gasteiger partial charge in [-0.2, -0.15) is 0 Å². The number of fused-ring (bicyclic) bond motifs is 1. The lowest BCUT2D eigenvalue weighted by Gasteiger charge is -2.35. The normalized spacial score (nSPS) is 15.8. The van der Waals surface area contributed by atoms with Crippen molar-refractivity contribution in [3.05, 3.63) is 100 Å². The smallest absolute Gasteiger partial charge is 0.200 e. The molecule has 2 atom stereocenters. The number of hydrogen-bond acceptors (Lipinski definition) is 10. The number of carbonyl (C=O) groups excluding carboxylic acids is 2. The van der Waals surface area contributed by atoms with Crippen molar-refractivity contribution in [2.75, 3.05) is 14.2 Å². The number of aromatic hydroxyl groups is 6. The number of phenols is 6. The molecule has 0 fully saturated rings. The van der Waals surface area contributed by atoms with Gasteiger partial charge < -0.3 is 40.1 Å². The van der Waals surface area contributed by atoms with Gasteiger partial charge >= 0.3 is 0 Å². The first-order chi connectivity index (χ1) is 20.1. The first-order valence-corrected chi connectivity index (χ1v) is 12.7. The molecule has 0 saturated heterocycles. The number of carbonyl (C=O) groups is 2. The molecule has 42 heavy (non-hydrogen) atoms. The summed E-state index contributed by atoms with van der Waals surface area (Å²) in [6.45, 7) is 0. The molecular formula is C32H26O10. The third kappa shape index (κ3) is 4.58. The Bertz CT molecular complexity index is 1740. The van der Waals surface area contributed by atoms with Crippen LogP contribution in [-0.2, 0) is 0 Å². The van der Waals surface area contributed by atoms with Crippen LogP contribution in [0.15, 0.2) is 72.3 Å². The molecule has 4 aromatic rings. The number of methoxy groups -OCH3 is 2. The molecule has 0 saturated carbocycles. The Morgan fingerprint density at radius 1 is 0.667 bits per heavy atom. The number of benzene rings is 4. The van der Waals surface area contributed by atoms with Gasteiger partial charge in [0.05, 0.1) is 20.1 Å². The summed E-state index contributed by atoms with van der Waals surface area (Å²) >= 11 is 0. The van der Waals surface area contributed by atoms with Crippen LogP contribution in [0, 0.1) is 5.92 Å². The minimum absolute atomic E-state index is 0.0157. The molecule has 0 heterocycles. The minimum atomic E-state index is -1.33. The standard InChI is InChI=1S/C32H26O10/c1-41-31-20(11-12-22(35)29(31)39)25-24-17(14-23(36)30(40)32(24)42-2)13-21(27(37)15-3-7-18(33)8-4-15)26(25)28(38)16-5-9-19(34)10-6-16/h3-14,25-26,33-36,39-40H,1-2H3/t25-,26+/m1/s1. The Hall–Kier alpha value is -5.64. The molecular weight excluding hydrogens is 544 g/mol. The zero-order valence-corrected chi connectivity index (χ0v) is 22.4. The van der Waals surface area contributed by atoms with Crippen LogP contribution in [0.3, 0.4) is 0 Å². The molecule has 1 aliphatic rings. The van der Waals surface area contributed by atoms with Gasteiger partial charge in [-0.25, -0.2) is 0 Å². The fourth-order valence-corrected chi connectivity index (χ4v) is 5.37. The van der Waals surface area contributed by atoms with Crippen LogP contribution in [0.1, 0.15) is 43.3 Å². The maximum Gasteiger partial charge on any atom is 0.200 e. The van der Waals surface area contributed by atoms with Gasteiger partial charge in [0.15, 0.2) is 34.6 Å². The maximum atomic E-state index is 14.4. The zero-order chi connectivity index (χ0) is 30.3. The highest BCUT2D eigenvalue weighted by Gasteiger charge is 2.45. The minimum Gasteiger partial charge on any atom is -0.508 e. The van der Waals surface area contributed by atoms with E-state index in [0.29, 0.717) is 0 Å². The number of rotatable bonds is 7. The van der Waals surface area contributed by atoms with Gasteiger partial charge in [0.1, 0.15) is 11.5 Å². The van der Waals surface area contributed by atoms with Crippen LogP contribution in [0.5, 0.6) is 46.0 Å². The second kappa shape index (κ2) is 10.7. The summed E-state index contributed by atoms with van der Waals surface area (Å²) in [6, 6.07) is 14.7. The van der Waals surface area contributed by atoms with Crippen LogP contribution in [0.4, 0.5) is 0 Å². The molecule has 1 aliphatic carbocycles. The summed E-state index contributed by atoms with van der Waals surface area (Å²) in [4.78, 5) is 28.5. The summed E-state index contributed by atoms with van der Waals surface area (Å²) in [5.41, 5.74) is 0.880. The highest BCUT2D eigenvalue weighted by molar-refractivity contribution is 6.18. The van der Waals surface area contributed by atoms with E-state index in [-0.39, 0.29) is 56.4 Å². The van der Waals surface area contributed by atoms with E-state index < -0.39 is 46.4 Å². The van der Waals surface area contributed by atoms with Crippen molar-refractivity contribution < 1.29 is 49.7 Å². The topological polar surface area (TPSA) is 174 Å². The van der Waals surface area contributed by atoms with Gasteiger partial charge in [0.2, 0.25) is 11.5 Å². The molecule has 0 unspecified atom stereocenters. The van der Waals surface area contributed by atoms with Gasteiger partial charge in [-0.05, 0) is 72.3 Å². The van der Waals surface area contributed by atoms with Gasteiger partial charge in [-0.15, -0.1) is 0 Å². The van der Waals surface area contributed by atoms with Crippen molar-refractivity contribution in [2.45, 2.75) is 5.92 Å². The molecule has 0 amide bonds. The lowest BCUT2D eigenvalue weighted by atomic mass is 9.66. The molecule has 4 aromatic carbocycles. The lowest BCUT2D eigenvalue weighted by Crippen LogP contribution is -2.32. The van der Waals surface area contributed by atoms with Gasteiger partial charge in [0.25, 0.3) is 0 Å². The van der Waals surface area contributed by atoms with E-state index in [9.17, 15) is 40.2 Å². The lowest BCUT2D eigenvalue weighted by molar-refractivity contribution is 0.0895. The molecule has 214 valence electrons. The Kier molecular flexibility index (Phi) is 7.13. The van der Waals surface area contributed by atoms with Crippen molar-refractivity contribution in [3.8, 4) is 46.0 Å². The Morgan fingerprint density at radius 3 is 1.79 bits per heavy atom. The fraction of sp³-hybridized carbons (Fsp3) is 0.125. The van der Waals surface area contributed by atoms with E-state index in [0.717, 1.165) is 0 Å². The number of allylic oxidation sites excluding steroid dienone is 1. The number of Topliss-reactive ketones (excluding diaryl/α,β-unsaturated/α-hetero) is 2. The highest BCUT2D eigenvalue weighted by Crippen LogP contribution is 2.56. The van der Waals surface area contributed by atoms with E-state index in [1.807, 2.05) is 0 Å². The first kappa shape index (κ1) is 27.9. The average Bonchev–Trinajstić information content (AvgIpc) is 2.98. The molecule has 0 bridgehead atoms. The summed E-state index contributed by atoms with van der Waals surface area (Å²) in [6.07, 6.45) is 1.42. The zero-order valence-electron chi connectivity index (χ0n) is 22.4. The quantitative estimate of drug-likeness (QED) is 0.133. The van der Waals surface area contributed by atoms with Crippen LogP contribution >= 0.6 is 0 Å². The Labute approximate surface area is 239 Å². The largest absolute Gasteiger partial charge is 0.508 e. The SMILES string of the molecule is COc1c([C@@H]2c3c(cc(O)c(O)c3OC)C=C(C(=O)c3ccc(O)cc3)[C@@H]2C(=O)c2ccc(O)cc2)ccc(O)c1O. The molecule has 10 heteroatoms. The van der Waals surface area contributed by atoms with Crippen molar-refractivity contribution in [1.82, 2.24) is 0 Å². The summed E-state index contributed by atoms with van der Waals surface area (Å²) < 4.78 is 11.0. The van der Waals surface area contributed by atoms with Gasteiger partial charge in [-0.1, -0.05) is 6.07 Å². The monoisotopic (exact) mass is 570 g/mol. The van der Waals surface area contributed by atoms with Gasteiger partial charge in [0, 0.05) is 33.7 Å². The van der Waals surface area contributed by atoms with E-state index in [4.69, 9.17) is 9.47 Å². The second-order valence-electron chi connectivity index (χ2n) is 9.68. The predicted molar refractivity (Wildman–Crippen MR) is 151 cm³/mol. The van der Waals surface area contributed by atoms with Crippen molar-refractivity contribution in [2.24, 2.45) is 5.92 Å². The number of hydrogen-bond donors (Lipinski definition) is 6. The molecule has 0 radical (unpaired) electrons. The Balaban J connectivity index is 1.88. The second-order valence-corrected chi connectivity index (χ2v) is 9.68. The van der Waals surface area contributed by atoms with E-state index in [1.165, 1.54) is 87.0 Å². The van der Waals surface area contributed by atoms with Gasteiger partial charge in [-0.3, -0.25) is 9.59 Å². The van der Waals surface area contributed by atoms with Crippen LogP contribution in [-0.4, -0.2) is 56.4 Å². The maximum absolute atomic E-state index is 14.4. The van der Waals surface area contributed by atoms with Crippen LogP contribution < -0.4 is 9.47 Å². The molecule has 0 aliphatic heterocycles. The number of ether oxygens (including phenoxy) is 2. The Morgan fingerprint density at radius 2 is 1.21 bits per heavy atom. The molecule has 6 N–H and O–H groups in total. The fourth-order valence-electron chi connectivity index (χ4n) is 5.37. The average molecular weight is 571 g/mol. The van der Waals surface area contributed by atoms with Crippen LogP contribution in [0.2, 0.25) is 0 Å². The third-order valence-electron chi connectivity index (χ3n) is 7.31. The van der Waals surface area contributed by atoms with Crippen molar-refractivity contribution in [1.29, 1.82) is 0 Å². The molecule has 0 spiro atoms. The molecule has 0 aromatic heterocycles. The van der Waals surface area contributed by atoms with E-state index in [1.54, 1.807) is 0 Å². The molecule has 5 rings (SSSR count). The summed E-state index contributed by atoms with van der Waals surface area (Å²) in [5.74, 6) is -6.43. The van der Waals surface area contributed by atoms with Crippen molar-refractivity contribution in [3.63, 3.8) is 0 Å². The highest BCUT2D eigenvalue weighted by atomic mass is 16.5. The van der Waals surface area contributed by atoms with Crippen LogP contribution in [0.25, 0.3) is 6.08 Å². The number of ketones is 2. The predicted octanol–water partition coefficient (Wildman–Crippen LogP) is 4.85. The third-order valence-corrected chi connectivity index (χ3v) is 7.31. The number of phenolic OH excluding ortho intramolecular Hbond substituents is 6. The van der Waals surface area contributed by atoms with E-state index >= 15 is 0 Å². The molecule has 10 nitrogen and oxygen atoms in total. The van der Waals surface area contributed by atoms with E-state index in [2.05, 4.69) is 0 Å².